The molecule has 0 aliphatic carbocycles. The second-order valence-corrected chi connectivity index (χ2v) is 5.38. The van der Waals surface area contributed by atoms with Crippen molar-refractivity contribution in [2.24, 2.45) is 0 Å². The van der Waals surface area contributed by atoms with Crippen molar-refractivity contribution < 1.29 is 4.74 Å². The first-order valence-corrected chi connectivity index (χ1v) is 6.65. The number of hydrogen-bond acceptors (Lipinski definition) is 2. The molecule has 96 valence electrons. The smallest absolute Gasteiger partial charge is 0.0483 e. The quantitative estimate of drug-likeness (QED) is 0.871. The fourth-order valence-electron chi connectivity index (χ4n) is 2.61. The van der Waals surface area contributed by atoms with Crippen molar-refractivity contribution in [1.29, 1.82) is 0 Å². The first kappa shape index (κ1) is 11.8. The van der Waals surface area contributed by atoms with Gasteiger partial charge in [0.05, 0.1) is 0 Å². The highest BCUT2D eigenvalue weighted by atomic mass is 16.5. The Morgan fingerprint density at radius 1 is 1.28 bits per heavy atom. The van der Waals surface area contributed by atoms with Crippen LogP contribution < -0.4 is 5.32 Å². The Balaban J connectivity index is 1.74. The van der Waals surface area contributed by atoms with E-state index in [1.54, 1.807) is 0 Å². The Morgan fingerprint density at radius 3 is 2.94 bits per heavy atom. The SMILES string of the molecule is CC1(NCc2cccc3[nH]ccc23)CCOCC1. The molecule has 1 aliphatic rings. The van der Waals surface area contributed by atoms with Crippen LogP contribution in [0.5, 0.6) is 0 Å². The fraction of sp³-hybridized carbons (Fsp3) is 0.467. The molecule has 3 rings (SSSR count). The van der Waals surface area contributed by atoms with E-state index in [2.05, 4.69) is 41.5 Å². The summed E-state index contributed by atoms with van der Waals surface area (Å²) >= 11 is 0. The molecule has 1 aromatic heterocycles. The highest BCUT2D eigenvalue weighted by Gasteiger charge is 2.26. The first-order valence-electron chi connectivity index (χ1n) is 6.65. The lowest BCUT2D eigenvalue weighted by molar-refractivity contribution is 0.0446. The molecule has 1 saturated heterocycles. The summed E-state index contributed by atoms with van der Waals surface area (Å²) in [5.41, 5.74) is 2.80. The van der Waals surface area contributed by atoms with Crippen molar-refractivity contribution in [2.45, 2.75) is 31.8 Å². The van der Waals surface area contributed by atoms with Crippen LogP contribution in [-0.4, -0.2) is 23.7 Å². The van der Waals surface area contributed by atoms with Crippen LogP contribution in [0.3, 0.4) is 0 Å². The van der Waals surface area contributed by atoms with Crippen molar-refractivity contribution in [1.82, 2.24) is 10.3 Å². The molecular formula is C15H20N2O. The lowest BCUT2D eigenvalue weighted by Crippen LogP contribution is -2.46. The molecule has 0 unspecified atom stereocenters. The summed E-state index contributed by atoms with van der Waals surface area (Å²) in [6.07, 6.45) is 4.19. The van der Waals surface area contributed by atoms with E-state index in [1.165, 1.54) is 16.5 Å². The van der Waals surface area contributed by atoms with E-state index in [-0.39, 0.29) is 5.54 Å². The molecule has 2 N–H and O–H groups in total. The molecule has 1 aromatic carbocycles. The third-order valence-electron chi connectivity index (χ3n) is 3.99. The number of H-pyrrole nitrogens is 1. The third kappa shape index (κ3) is 2.28. The monoisotopic (exact) mass is 244 g/mol. The molecule has 1 fully saturated rings. The maximum absolute atomic E-state index is 5.43. The molecule has 0 saturated carbocycles. The minimum Gasteiger partial charge on any atom is -0.381 e. The van der Waals surface area contributed by atoms with Gasteiger partial charge in [-0.15, -0.1) is 0 Å². The molecule has 0 bridgehead atoms. The van der Waals surface area contributed by atoms with Crippen LogP contribution in [-0.2, 0) is 11.3 Å². The highest BCUT2D eigenvalue weighted by Crippen LogP contribution is 2.22. The van der Waals surface area contributed by atoms with Gasteiger partial charge in [-0.2, -0.15) is 0 Å². The maximum Gasteiger partial charge on any atom is 0.0483 e. The second-order valence-electron chi connectivity index (χ2n) is 5.38. The predicted octanol–water partition coefficient (Wildman–Crippen LogP) is 2.83. The lowest BCUT2D eigenvalue weighted by atomic mass is 9.92. The van der Waals surface area contributed by atoms with Crippen molar-refractivity contribution in [3.8, 4) is 0 Å². The summed E-state index contributed by atoms with van der Waals surface area (Å²) in [5, 5.41) is 5.02. The number of aromatic amines is 1. The van der Waals surface area contributed by atoms with E-state index in [0.29, 0.717) is 0 Å². The largest absolute Gasteiger partial charge is 0.381 e. The summed E-state index contributed by atoms with van der Waals surface area (Å²) in [6, 6.07) is 8.58. The van der Waals surface area contributed by atoms with Gasteiger partial charge < -0.3 is 15.0 Å². The average molecular weight is 244 g/mol. The fourth-order valence-corrected chi connectivity index (χ4v) is 2.61. The first-order chi connectivity index (χ1) is 8.77. The van der Waals surface area contributed by atoms with Crippen LogP contribution in [0.25, 0.3) is 10.9 Å². The van der Waals surface area contributed by atoms with E-state index >= 15 is 0 Å². The summed E-state index contributed by atoms with van der Waals surface area (Å²) in [6.45, 7) is 4.97. The number of ether oxygens (including phenoxy) is 1. The summed E-state index contributed by atoms with van der Waals surface area (Å²) in [4.78, 5) is 3.26. The number of benzene rings is 1. The minimum absolute atomic E-state index is 0.219. The van der Waals surface area contributed by atoms with Gasteiger partial charge in [0.2, 0.25) is 0 Å². The average Bonchev–Trinajstić information content (AvgIpc) is 2.86. The third-order valence-corrected chi connectivity index (χ3v) is 3.99. The highest BCUT2D eigenvalue weighted by molar-refractivity contribution is 5.82. The van der Waals surface area contributed by atoms with Gasteiger partial charge in [0.25, 0.3) is 0 Å². The number of aromatic nitrogens is 1. The molecule has 0 spiro atoms. The Bertz CT molecular complexity index is 526. The summed E-state index contributed by atoms with van der Waals surface area (Å²) in [7, 11) is 0. The van der Waals surface area contributed by atoms with E-state index in [4.69, 9.17) is 4.74 Å². The zero-order valence-corrected chi connectivity index (χ0v) is 10.8. The van der Waals surface area contributed by atoms with Crippen molar-refractivity contribution in [3.05, 3.63) is 36.0 Å². The zero-order chi connectivity index (χ0) is 12.4. The van der Waals surface area contributed by atoms with E-state index in [1.807, 2.05) is 6.20 Å². The number of rotatable bonds is 3. The van der Waals surface area contributed by atoms with Crippen LogP contribution in [0.15, 0.2) is 30.5 Å². The zero-order valence-electron chi connectivity index (χ0n) is 10.8. The molecule has 0 amide bonds. The molecule has 3 nitrogen and oxygen atoms in total. The van der Waals surface area contributed by atoms with E-state index < -0.39 is 0 Å². The van der Waals surface area contributed by atoms with Gasteiger partial charge in [0.15, 0.2) is 0 Å². The van der Waals surface area contributed by atoms with Crippen LogP contribution in [0.4, 0.5) is 0 Å². The van der Waals surface area contributed by atoms with E-state index in [9.17, 15) is 0 Å². The van der Waals surface area contributed by atoms with Crippen LogP contribution in [0.2, 0.25) is 0 Å². The van der Waals surface area contributed by atoms with Crippen LogP contribution in [0.1, 0.15) is 25.3 Å². The molecule has 0 radical (unpaired) electrons. The van der Waals surface area contributed by atoms with Gasteiger partial charge in [-0.1, -0.05) is 12.1 Å². The number of fused-ring (bicyclic) bond motifs is 1. The Kier molecular flexibility index (Phi) is 3.10. The Morgan fingerprint density at radius 2 is 2.11 bits per heavy atom. The predicted molar refractivity (Wildman–Crippen MR) is 73.6 cm³/mol. The molecule has 1 aliphatic heterocycles. The molecular weight excluding hydrogens is 224 g/mol. The Labute approximate surface area is 108 Å². The van der Waals surface area contributed by atoms with Gasteiger partial charge in [0, 0.05) is 42.4 Å². The van der Waals surface area contributed by atoms with Gasteiger partial charge in [-0.05, 0) is 37.5 Å². The molecule has 18 heavy (non-hydrogen) atoms. The van der Waals surface area contributed by atoms with Crippen molar-refractivity contribution in [2.75, 3.05) is 13.2 Å². The van der Waals surface area contributed by atoms with Gasteiger partial charge >= 0.3 is 0 Å². The molecule has 2 heterocycles. The summed E-state index contributed by atoms with van der Waals surface area (Å²) in [5.74, 6) is 0. The Hall–Kier alpha value is -1.32. The second kappa shape index (κ2) is 4.75. The van der Waals surface area contributed by atoms with Crippen molar-refractivity contribution >= 4 is 10.9 Å². The van der Waals surface area contributed by atoms with Crippen LogP contribution >= 0.6 is 0 Å². The number of nitrogens with one attached hydrogen (secondary N) is 2. The van der Waals surface area contributed by atoms with Crippen molar-refractivity contribution in [3.63, 3.8) is 0 Å². The van der Waals surface area contributed by atoms with Crippen LogP contribution in [0, 0.1) is 0 Å². The van der Waals surface area contributed by atoms with Gasteiger partial charge in [0.1, 0.15) is 0 Å². The maximum atomic E-state index is 5.43. The minimum atomic E-state index is 0.219. The molecule has 3 heteroatoms. The van der Waals surface area contributed by atoms with E-state index in [0.717, 1.165) is 32.6 Å². The topological polar surface area (TPSA) is 37.0 Å². The van der Waals surface area contributed by atoms with Gasteiger partial charge in [-0.3, -0.25) is 0 Å². The molecule has 0 atom stereocenters. The standard InChI is InChI=1S/C15H20N2O/c1-15(6-9-18-10-7-15)17-11-12-3-2-4-14-13(12)5-8-16-14/h2-5,8,16-17H,6-7,9-11H2,1H3. The molecule has 2 aromatic rings. The summed E-state index contributed by atoms with van der Waals surface area (Å²) < 4.78 is 5.43. The van der Waals surface area contributed by atoms with Gasteiger partial charge in [-0.25, -0.2) is 0 Å². The normalized spacial score (nSPS) is 19.2. The number of hydrogen-bond donors (Lipinski definition) is 2. The lowest BCUT2D eigenvalue weighted by Gasteiger charge is -2.34.